The second-order valence-corrected chi connectivity index (χ2v) is 7.53. The van der Waals surface area contributed by atoms with Crippen molar-refractivity contribution < 1.29 is 19.5 Å². The Morgan fingerprint density at radius 1 is 1.07 bits per heavy atom. The van der Waals surface area contributed by atoms with Gasteiger partial charge in [-0.1, -0.05) is 48.0 Å². The molecular weight excluding hydrogens is 368 g/mol. The standard InChI is InChI=1S/C23H26N2O4/c1-17-9-11-19(12-10-17)22(28)24-13-5-8-20(15-24)23(29)25(16-21(26)27)14-18-6-3-2-4-7-18/h2-4,6-7,9-12,20H,5,8,13-16H2,1H3,(H,26,27). The van der Waals surface area contributed by atoms with E-state index < -0.39 is 5.97 Å². The number of aryl methyl sites for hydroxylation is 1. The summed E-state index contributed by atoms with van der Waals surface area (Å²) < 4.78 is 0. The van der Waals surface area contributed by atoms with Crippen LogP contribution in [-0.2, 0) is 16.1 Å². The minimum absolute atomic E-state index is 0.0876. The summed E-state index contributed by atoms with van der Waals surface area (Å²) in [7, 11) is 0. The Hall–Kier alpha value is -3.15. The van der Waals surface area contributed by atoms with Gasteiger partial charge in [0.05, 0.1) is 5.92 Å². The van der Waals surface area contributed by atoms with Crippen LogP contribution in [0.1, 0.15) is 34.3 Å². The van der Waals surface area contributed by atoms with Crippen LogP contribution in [0, 0.1) is 12.8 Å². The SMILES string of the molecule is Cc1ccc(C(=O)N2CCCC(C(=O)N(CC(=O)O)Cc3ccccc3)C2)cc1. The van der Waals surface area contributed by atoms with Gasteiger partial charge in [-0.2, -0.15) is 0 Å². The van der Waals surface area contributed by atoms with Gasteiger partial charge in [0, 0.05) is 25.2 Å². The molecule has 3 rings (SSSR count). The van der Waals surface area contributed by atoms with Crippen molar-refractivity contribution in [2.45, 2.75) is 26.3 Å². The number of hydrogen-bond acceptors (Lipinski definition) is 3. The molecule has 0 bridgehead atoms. The molecule has 1 atom stereocenters. The van der Waals surface area contributed by atoms with E-state index in [2.05, 4.69) is 0 Å². The van der Waals surface area contributed by atoms with Gasteiger partial charge in [0.25, 0.3) is 5.91 Å². The zero-order chi connectivity index (χ0) is 20.8. The molecule has 0 radical (unpaired) electrons. The summed E-state index contributed by atoms with van der Waals surface area (Å²) in [5.74, 6) is -1.73. The van der Waals surface area contributed by atoms with Gasteiger partial charge in [0.1, 0.15) is 6.54 Å². The van der Waals surface area contributed by atoms with Gasteiger partial charge >= 0.3 is 5.97 Å². The van der Waals surface area contributed by atoms with Crippen LogP contribution in [0.2, 0.25) is 0 Å². The second kappa shape index (κ2) is 9.37. The molecule has 6 nitrogen and oxygen atoms in total. The average molecular weight is 394 g/mol. The van der Waals surface area contributed by atoms with Gasteiger partial charge < -0.3 is 14.9 Å². The summed E-state index contributed by atoms with van der Waals surface area (Å²) in [6, 6.07) is 16.7. The Morgan fingerprint density at radius 2 is 1.76 bits per heavy atom. The van der Waals surface area contributed by atoms with Crippen molar-refractivity contribution in [2.24, 2.45) is 5.92 Å². The molecule has 0 aliphatic carbocycles. The van der Waals surface area contributed by atoms with Crippen molar-refractivity contribution in [3.63, 3.8) is 0 Å². The normalized spacial score (nSPS) is 16.3. The summed E-state index contributed by atoms with van der Waals surface area (Å²) in [5, 5.41) is 9.26. The molecule has 1 aliphatic heterocycles. The van der Waals surface area contributed by atoms with E-state index in [0.29, 0.717) is 25.1 Å². The number of likely N-dealkylation sites (tertiary alicyclic amines) is 1. The van der Waals surface area contributed by atoms with Crippen molar-refractivity contribution in [1.29, 1.82) is 0 Å². The molecule has 6 heteroatoms. The van der Waals surface area contributed by atoms with Gasteiger partial charge in [-0.25, -0.2) is 0 Å². The molecule has 1 unspecified atom stereocenters. The zero-order valence-corrected chi connectivity index (χ0v) is 16.6. The molecule has 2 aromatic carbocycles. The Bertz CT molecular complexity index is 864. The average Bonchev–Trinajstić information content (AvgIpc) is 2.73. The molecule has 0 aromatic heterocycles. The highest BCUT2D eigenvalue weighted by atomic mass is 16.4. The van der Waals surface area contributed by atoms with Gasteiger partial charge in [0.15, 0.2) is 0 Å². The Labute approximate surface area is 170 Å². The minimum atomic E-state index is -1.04. The number of aliphatic carboxylic acids is 1. The maximum atomic E-state index is 13.1. The summed E-state index contributed by atoms with van der Waals surface area (Å²) >= 11 is 0. The molecule has 1 saturated heterocycles. The quantitative estimate of drug-likeness (QED) is 0.817. The first-order chi connectivity index (χ1) is 13.9. The molecule has 2 amide bonds. The van der Waals surface area contributed by atoms with Gasteiger partial charge in [-0.3, -0.25) is 14.4 Å². The number of hydrogen-bond donors (Lipinski definition) is 1. The summed E-state index contributed by atoms with van der Waals surface area (Å²) in [6.45, 7) is 2.78. The van der Waals surface area contributed by atoms with Gasteiger partial charge in [0.2, 0.25) is 5.91 Å². The highest BCUT2D eigenvalue weighted by Crippen LogP contribution is 2.22. The predicted octanol–water partition coefficient (Wildman–Crippen LogP) is 2.96. The zero-order valence-electron chi connectivity index (χ0n) is 16.6. The van der Waals surface area contributed by atoms with Crippen LogP contribution < -0.4 is 0 Å². The largest absolute Gasteiger partial charge is 0.480 e. The van der Waals surface area contributed by atoms with Crippen LogP contribution in [0.15, 0.2) is 54.6 Å². The van der Waals surface area contributed by atoms with Gasteiger partial charge in [-0.15, -0.1) is 0 Å². The molecule has 152 valence electrons. The van der Waals surface area contributed by atoms with E-state index >= 15 is 0 Å². The number of benzene rings is 2. The fourth-order valence-corrected chi connectivity index (χ4v) is 3.68. The third-order valence-electron chi connectivity index (χ3n) is 5.21. The van der Waals surface area contributed by atoms with Crippen LogP contribution in [0.25, 0.3) is 0 Å². The van der Waals surface area contributed by atoms with Crippen LogP contribution >= 0.6 is 0 Å². The summed E-state index contributed by atoms with van der Waals surface area (Å²) in [6.07, 6.45) is 1.38. The molecule has 1 fully saturated rings. The monoisotopic (exact) mass is 394 g/mol. The molecule has 29 heavy (non-hydrogen) atoms. The van der Waals surface area contributed by atoms with Crippen LogP contribution in [0.3, 0.4) is 0 Å². The van der Waals surface area contributed by atoms with E-state index in [-0.39, 0.29) is 30.8 Å². The lowest BCUT2D eigenvalue weighted by molar-refractivity contribution is -0.147. The van der Waals surface area contributed by atoms with E-state index in [0.717, 1.165) is 17.5 Å². The van der Waals surface area contributed by atoms with Crippen LogP contribution in [0.5, 0.6) is 0 Å². The topological polar surface area (TPSA) is 77.9 Å². The number of rotatable bonds is 6. The molecule has 1 heterocycles. The number of nitrogens with zero attached hydrogens (tertiary/aromatic N) is 2. The Morgan fingerprint density at radius 3 is 2.41 bits per heavy atom. The lowest BCUT2D eigenvalue weighted by atomic mass is 9.95. The fourth-order valence-electron chi connectivity index (χ4n) is 3.68. The van der Waals surface area contributed by atoms with Crippen molar-refractivity contribution in [1.82, 2.24) is 9.80 Å². The molecule has 1 N–H and O–H groups in total. The smallest absolute Gasteiger partial charge is 0.323 e. The maximum absolute atomic E-state index is 13.1. The number of carboxylic acid groups (broad SMARTS) is 1. The number of piperidine rings is 1. The van der Waals surface area contributed by atoms with Crippen LogP contribution in [0.4, 0.5) is 0 Å². The number of carbonyl (C=O) groups excluding carboxylic acids is 2. The molecule has 2 aromatic rings. The first-order valence-corrected chi connectivity index (χ1v) is 9.84. The molecule has 0 saturated carbocycles. The number of carbonyl (C=O) groups is 3. The number of amides is 2. The van der Waals surface area contributed by atoms with E-state index in [1.54, 1.807) is 17.0 Å². The first-order valence-electron chi connectivity index (χ1n) is 9.84. The highest BCUT2D eigenvalue weighted by Gasteiger charge is 2.32. The van der Waals surface area contributed by atoms with Gasteiger partial charge in [-0.05, 0) is 37.5 Å². The first kappa shape index (κ1) is 20.6. The lowest BCUT2D eigenvalue weighted by Crippen LogP contribution is -2.47. The van der Waals surface area contributed by atoms with Crippen LogP contribution in [-0.4, -0.2) is 52.3 Å². The third-order valence-corrected chi connectivity index (χ3v) is 5.21. The van der Waals surface area contributed by atoms with E-state index in [9.17, 15) is 19.5 Å². The van der Waals surface area contributed by atoms with E-state index in [4.69, 9.17) is 0 Å². The second-order valence-electron chi connectivity index (χ2n) is 7.53. The summed E-state index contributed by atoms with van der Waals surface area (Å²) in [5.41, 5.74) is 2.57. The Kier molecular flexibility index (Phi) is 6.65. The molecule has 1 aliphatic rings. The van der Waals surface area contributed by atoms with E-state index in [1.165, 1.54) is 4.90 Å². The minimum Gasteiger partial charge on any atom is -0.480 e. The third kappa shape index (κ3) is 5.44. The van der Waals surface area contributed by atoms with E-state index in [1.807, 2.05) is 49.4 Å². The van der Waals surface area contributed by atoms with Crippen molar-refractivity contribution in [3.05, 3.63) is 71.3 Å². The van der Waals surface area contributed by atoms with Crippen molar-refractivity contribution >= 4 is 17.8 Å². The predicted molar refractivity (Wildman–Crippen MR) is 109 cm³/mol. The Balaban J connectivity index is 1.71. The summed E-state index contributed by atoms with van der Waals surface area (Å²) in [4.78, 5) is 40.3. The molecular formula is C23H26N2O4. The van der Waals surface area contributed by atoms with Crippen molar-refractivity contribution in [2.75, 3.05) is 19.6 Å². The lowest BCUT2D eigenvalue weighted by Gasteiger charge is -2.34. The molecule has 0 spiro atoms. The van der Waals surface area contributed by atoms with Crippen molar-refractivity contribution in [3.8, 4) is 0 Å². The highest BCUT2D eigenvalue weighted by molar-refractivity contribution is 5.95. The maximum Gasteiger partial charge on any atom is 0.323 e. The number of carboxylic acids is 1. The fraction of sp³-hybridized carbons (Fsp3) is 0.348.